The number of esters is 1. The summed E-state index contributed by atoms with van der Waals surface area (Å²) in [5.41, 5.74) is 2.16. The van der Waals surface area contributed by atoms with Crippen molar-refractivity contribution in [1.29, 1.82) is 0 Å². The Morgan fingerprint density at radius 1 is 1.19 bits per heavy atom. The molecule has 0 aromatic heterocycles. The van der Waals surface area contributed by atoms with E-state index in [2.05, 4.69) is 5.32 Å². The van der Waals surface area contributed by atoms with Crippen LogP contribution in [0.25, 0.3) is 0 Å². The van der Waals surface area contributed by atoms with E-state index in [0.29, 0.717) is 47.9 Å². The first-order valence-electron chi connectivity index (χ1n) is 12.1. The van der Waals surface area contributed by atoms with Gasteiger partial charge in [0, 0.05) is 37.0 Å². The average Bonchev–Trinajstić information content (AvgIpc) is 2.90. The third-order valence-electron chi connectivity index (χ3n) is 6.42. The number of nitrogens with one attached hydrogen (secondary N) is 1. The molecule has 0 heterocycles. The van der Waals surface area contributed by atoms with Crippen LogP contribution in [-0.4, -0.2) is 65.9 Å². The van der Waals surface area contributed by atoms with E-state index in [4.69, 9.17) is 14.2 Å². The van der Waals surface area contributed by atoms with Gasteiger partial charge in [0.1, 0.15) is 24.2 Å². The molecule has 1 unspecified atom stereocenters. The Labute approximate surface area is 215 Å². The van der Waals surface area contributed by atoms with Gasteiger partial charge in [-0.05, 0) is 68.4 Å². The van der Waals surface area contributed by atoms with Crippen LogP contribution in [0, 0.1) is 0 Å². The fourth-order valence-corrected chi connectivity index (χ4v) is 4.68. The summed E-state index contributed by atoms with van der Waals surface area (Å²) < 4.78 is 39.6. The van der Waals surface area contributed by atoms with Gasteiger partial charge in [-0.3, -0.25) is 4.21 Å². The standard InChI is InChI=1S/C26H36N2O7S/c1-4-34-26(30)20-7-5-18(6-8-20)19-9-11-21(12-10-19)27-16-22(29)17-35-23-13-14-25(33-3)24(15-23)28(2)36(31)32/h5-8,13-15,19,21-22,27,29H,4,9-12,16-17H2,1-3H3,(H,31,32)/p-1/t19?,21?,22-/m0/s1. The lowest BCUT2D eigenvalue weighted by Crippen LogP contribution is -2.39. The average molecular weight is 520 g/mol. The molecule has 0 amide bonds. The van der Waals surface area contributed by atoms with Crippen molar-refractivity contribution in [3.8, 4) is 11.5 Å². The number of rotatable bonds is 12. The van der Waals surface area contributed by atoms with Crippen molar-refractivity contribution in [2.75, 3.05) is 38.2 Å². The maximum absolute atomic E-state index is 11.8. The number of ether oxygens (including phenoxy) is 3. The summed E-state index contributed by atoms with van der Waals surface area (Å²) in [4.78, 5) is 11.8. The number of aliphatic hydroxyl groups excluding tert-OH is 1. The molecule has 2 aromatic rings. The van der Waals surface area contributed by atoms with Gasteiger partial charge in [0.25, 0.3) is 0 Å². The second kappa shape index (κ2) is 13.6. The Morgan fingerprint density at radius 2 is 1.89 bits per heavy atom. The molecule has 10 heteroatoms. The van der Waals surface area contributed by atoms with Crippen LogP contribution in [0.5, 0.6) is 11.5 Å². The number of methoxy groups -OCH3 is 1. The van der Waals surface area contributed by atoms with E-state index in [1.54, 1.807) is 25.1 Å². The molecule has 0 radical (unpaired) electrons. The molecule has 9 nitrogen and oxygen atoms in total. The lowest BCUT2D eigenvalue weighted by molar-refractivity contribution is 0.0526. The number of aliphatic hydroxyl groups is 1. The van der Waals surface area contributed by atoms with Crippen LogP contribution >= 0.6 is 0 Å². The Balaban J connectivity index is 1.42. The number of hydrogen-bond acceptors (Lipinski definition) is 8. The summed E-state index contributed by atoms with van der Waals surface area (Å²) >= 11 is -2.45. The summed E-state index contributed by atoms with van der Waals surface area (Å²) in [7, 11) is 2.88. The quantitative estimate of drug-likeness (QED) is 0.324. The smallest absolute Gasteiger partial charge is 0.338 e. The Hall–Kier alpha value is -2.66. The topological polar surface area (TPSA) is 120 Å². The number of carbonyl (C=O) groups excluding carboxylic acids is 1. The lowest BCUT2D eigenvalue weighted by atomic mass is 9.81. The minimum atomic E-state index is -2.45. The van der Waals surface area contributed by atoms with Crippen molar-refractivity contribution in [2.45, 2.75) is 50.7 Å². The highest BCUT2D eigenvalue weighted by Gasteiger charge is 2.23. The van der Waals surface area contributed by atoms with Gasteiger partial charge in [-0.2, -0.15) is 0 Å². The van der Waals surface area contributed by atoms with E-state index in [1.165, 1.54) is 19.7 Å². The minimum absolute atomic E-state index is 0.0745. The number of hydrogen-bond donors (Lipinski definition) is 2. The molecule has 36 heavy (non-hydrogen) atoms. The summed E-state index contributed by atoms with van der Waals surface area (Å²) in [6.45, 7) is 2.63. The molecule has 2 aromatic carbocycles. The van der Waals surface area contributed by atoms with Crippen LogP contribution in [0.3, 0.4) is 0 Å². The fraction of sp³-hybridized carbons (Fsp3) is 0.500. The first kappa shape index (κ1) is 27.9. The molecule has 2 atom stereocenters. The first-order valence-corrected chi connectivity index (χ1v) is 13.2. The molecule has 1 aliphatic rings. The normalized spacial score (nSPS) is 19.2. The lowest BCUT2D eigenvalue weighted by Gasteiger charge is -2.30. The van der Waals surface area contributed by atoms with E-state index in [1.807, 2.05) is 24.3 Å². The van der Waals surface area contributed by atoms with E-state index in [-0.39, 0.29) is 12.6 Å². The monoisotopic (exact) mass is 519 g/mol. The van der Waals surface area contributed by atoms with Crippen LogP contribution < -0.4 is 19.1 Å². The minimum Gasteiger partial charge on any atom is -0.755 e. The molecule has 0 bridgehead atoms. The van der Waals surface area contributed by atoms with Gasteiger partial charge in [0.2, 0.25) is 0 Å². The number of carbonyl (C=O) groups is 1. The van der Waals surface area contributed by atoms with Gasteiger partial charge in [-0.1, -0.05) is 12.1 Å². The molecule has 198 valence electrons. The molecule has 1 saturated carbocycles. The van der Waals surface area contributed by atoms with Gasteiger partial charge < -0.3 is 33.5 Å². The van der Waals surface area contributed by atoms with Crippen LogP contribution in [0.15, 0.2) is 42.5 Å². The van der Waals surface area contributed by atoms with E-state index >= 15 is 0 Å². The third kappa shape index (κ3) is 7.67. The second-order valence-corrected chi connectivity index (χ2v) is 9.79. The second-order valence-electron chi connectivity index (χ2n) is 8.81. The van der Waals surface area contributed by atoms with Crippen molar-refractivity contribution in [3.05, 3.63) is 53.6 Å². The maximum Gasteiger partial charge on any atom is 0.338 e. The van der Waals surface area contributed by atoms with Gasteiger partial charge >= 0.3 is 5.97 Å². The van der Waals surface area contributed by atoms with Gasteiger partial charge in [0.15, 0.2) is 0 Å². The van der Waals surface area contributed by atoms with Gasteiger partial charge in [0.05, 0.1) is 25.0 Å². The predicted octanol–water partition coefficient (Wildman–Crippen LogP) is 3.16. The highest BCUT2D eigenvalue weighted by molar-refractivity contribution is 7.80. The van der Waals surface area contributed by atoms with Crippen LogP contribution in [0.1, 0.15) is 54.4 Å². The SMILES string of the molecule is CCOC(=O)c1ccc(C2CCC(NC[C@H](O)COc3ccc(OC)c(N(C)S(=O)[O-])c3)CC2)cc1. The van der Waals surface area contributed by atoms with Gasteiger partial charge in [-0.15, -0.1) is 0 Å². The molecule has 2 N–H and O–H groups in total. The van der Waals surface area contributed by atoms with E-state index in [9.17, 15) is 18.7 Å². The van der Waals surface area contributed by atoms with Crippen molar-refractivity contribution < 1.29 is 32.9 Å². The zero-order valence-corrected chi connectivity index (χ0v) is 21.8. The van der Waals surface area contributed by atoms with Crippen molar-refractivity contribution in [3.63, 3.8) is 0 Å². The first-order chi connectivity index (χ1) is 17.3. The van der Waals surface area contributed by atoms with Crippen LogP contribution in [0.2, 0.25) is 0 Å². The maximum atomic E-state index is 11.8. The molecular formula is C26H35N2O7S-. The number of benzene rings is 2. The molecule has 0 saturated heterocycles. The molecular weight excluding hydrogens is 484 g/mol. The van der Waals surface area contributed by atoms with Gasteiger partial charge in [-0.25, -0.2) is 4.79 Å². The molecule has 1 fully saturated rings. The van der Waals surface area contributed by atoms with Crippen LogP contribution in [-0.2, 0) is 16.0 Å². The molecule has 1 aliphatic carbocycles. The van der Waals surface area contributed by atoms with E-state index < -0.39 is 17.4 Å². The van der Waals surface area contributed by atoms with E-state index in [0.717, 1.165) is 30.0 Å². The fourth-order valence-electron chi connectivity index (χ4n) is 4.38. The summed E-state index contributed by atoms with van der Waals surface area (Å²) in [6.07, 6.45) is 3.35. The van der Waals surface area contributed by atoms with Crippen LogP contribution in [0.4, 0.5) is 5.69 Å². The Kier molecular flexibility index (Phi) is 10.5. The molecule has 0 aliphatic heterocycles. The summed E-state index contributed by atoms with van der Waals surface area (Å²) in [5.74, 6) is 1.01. The Morgan fingerprint density at radius 3 is 2.50 bits per heavy atom. The highest BCUT2D eigenvalue weighted by Crippen LogP contribution is 2.34. The molecule has 0 spiro atoms. The summed E-state index contributed by atoms with van der Waals surface area (Å²) in [6, 6.07) is 12.9. The zero-order valence-electron chi connectivity index (χ0n) is 21.0. The van der Waals surface area contributed by atoms with Crippen molar-refractivity contribution >= 4 is 22.9 Å². The zero-order chi connectivity index (χ0) is 26.1. The highest BCUT2D eigenvalue weighted by atomic mass is 32.2. The van der Waals surface area contributed by atoms with Crippen molar-refractivity contribution in [1.82, 2.24) is 5.32 Å². The van der Waals surface area contributed by atoms with Crippen molar-refractivity contribution in [2.24, 2.45) is 0 Å². The molecule has 3 rings (SSSR count). The summed E-state index contributed by atoms with van der Waals surface area (Å²) in [5, 5.41) is 13.8. The largest absolute Gasteiger partial charge is 0.755 e. The number of nitrogens with zero attached hydrogens (tertiary/aromatic N) is 1. The predicted molar refractivity (Wildman–Crippen MR) is 137 cm³/mol. The Bertz CT molecular complexity index is 1010. The number of anilines is 1. The third-order valence-corrected chi connectivity index (χ3v) is 7.06.